The number of benzene rings is 1. The van der Waals surface area contributed by atoms with Gasteiger partial charge in [-0.05, 0) is 30.7 Å². The van der Waals surface area contributed by atoms with Crippen LogP contribution in [-0.4, -0.2) is 81.8 Å². The van der Waals surface area contributed by atoms with Gasteiger partial charge in [0.05, 0.1) is 11.4 Å². The first-order chi connectivity index (χ1) is 14.3. The van der Waals surface area contributed by atoms with Gasteiger partial charge in [0.1, 0.15) is 11.5 Å². The maximum absolute atomic E-state index is 12.8. The molecule has 2 heterocycles. The molecule has 1 fully saturated rings. The number of nitrogens with zero attached hydrogens (tertiary/aromatic N) is 3. The van der Waals surface area contributed by atoms with E-state index in [0.717, 1.165) is 13.0 Å². The van der Waals surface area contributed by atoms with Crippen LogP contribution in [0, 0.1) is 0 Å². The van der Waals surface area contributed by atoms with Gasteiger partial charge in [-0.3, -0.25) is 14.5 Å². The van der Waals surface area contributed by atoms with Crippen LogP contribution in [0.4, 0.5) is 0 Å². The topological polar surface area (TPSA) is 91.1 Å². The highest BCUT2D eigenvalue weighted by molar-refractivity contribution is 7.90. The molecule has 0 radical (unpaired) electrons. The standard InChI is InChI=1S/C21H27N3O5S/c1-22(2)20(25)15-23-11-6-12-24(14-13-23)21(26)19-10-9-17(29-19)16-30(27,28)18-7-4-3-5-8-18/h3-5,7-10H,6,11-16H2,1-2H3. The first kappa shape index (κ1) is 22.0. The van der Waals surface area contributed by atoms with Crippen LogP contribution in [0.25, 0.3) is 0 Å². The summed E-state index contributed by atoms with van der Waals surface area (Å²) in [4.78, 5) is 30.2. The molecule has 1 aromatic heterocycles. The summed E-state index contributed by atoms with van der Waals surface area (Å²) in [6.45, 7) is 2.71. The van der Waals surface area contributed by atoms with Crippen molar-refractivity contribution in [1.82, 2.24) is 14.7 Å². The van der Waals surface area contributed by atoms with Crippen LogP contribution in [-0.2, 0) is 20.4 Å². The maximum Gasteiger partial charge on any atom is 0.289 e. The molecule has 0 atom stereocenters. The Morgan fingerprint density at radius 3 is 2.43 bits per heavy atom. The fraction of sp³-hybridized carbons (Fsp3) is 0.429. The summed E-state index contributed by atoms with van der Waals surface area (Å²) in [6.07, 6.45) is 0.752. The van der Waals surface area contributed by atoms with Crippen molar-refractivity contribution in [1.29, 1.82) is 0 Å². The molecular weight excluding hydrogens is 406 g/mol. The number of likely N-dealkylation sites (N-methyl/N-ethyl adjacent to an activating group) is 1. The number of amides is 2. The summed E-state index contributed by atoms with van der Waals surface area (Å²) in [5, 5.41) is 0. The van der Waals surface area contributed by atoms with Gasteiger partial charge >= 0.3 is 0 Å². The molecule has 1 aliphatic heterocycles. The average Bonchev–Trinajstić information content (AvgIpc) is 3.05. The molecule has 3 rings (SSSR count). The molecule has 2 aromatic rings. The highest BCUT2D eigenvalue weighted by atomic mass is 32.2. The predicted molar refractivity (Wildman–Crippen MR) is 112 cm³/mol. The molecule has 0 saturated carbocycles. The van der Waals surface area contributed by atoms with Gasteiger partial charge in [-0.25, -0.2) is 8.42 Å². The van der Waals surface area contributed by atoms with E-state index >= 15 is 0 Å². The smallest absolute Gasteiger partial charge is 0.289 e. The third kappa shape index (κ3) is 5.48. The van der Waals surface area contributed by atoms with E-state index in [1.54, 1.807) is 42.1 Å². The summed E-state index contributed by atoms with van der Waals surface area (Å²) in [5.41, 5.74) is 0. The van der Waals surface area contributed by atoms with E-state index in [1.165, 1.54) is 24.3 Å². The first-order valence-corrected chi connectivity index (χ1v) is 11.5. The molecule has 2 amide bonds. The molecule has 9 heteroatoms. The minimum absolute atomic E-state index is 0.0325. The molecule has 1 aliphatic rings. The molecular formula is C21H27N3O5S. The Balaban J connectivity index is 1.61. The SMILES string of the molecule is CN(C)C(=O)CN1CCCN(C(=O)c2ccc(CS(=O)(=O)c3ccccc3)o2)CC1. The Hall–Kier alpha value is -2.65. The molecule has 0 N–H and O–H groups in total. The fourth-order valence-corrected chi connectivity index (χ4v) is 4.56. The van der Waals surface area contributed by atoms with Crippen molar-refractivity contribution in [3.8, 4) is 0 Å². The van der Waals surface area contributed by atoms with Crippen molar-refractivity contribution in [2.45, 2.75) is 17.1 Å². The van der Waals surface area contributed by atoms with Gasteiger partial charge in [0.25, 0.3) is 5.91 Å². The third-order valence-electron chi connectivity index (χ3n) is 5.04. The summed E-state index contributed by atoms with van der Waals surface area (Å²) < 4.78 is 30.6. The predicted octanol–water partition coefficient (Wildman–Crippen LogP) is 1.49. The van der Waals surface area contributed by atoms with Gasteiger partial charge in [-0.2, -0.15) is 0 Å². The van der Waals surface area contributed by atoms with Crippen LogP contribution in [0.2, 0.25) is 0 Å². The Morgan fingerprint density at radius 1 is 1.00 bits per heavy atom. The van der Waals surface area contributed by atoms with E-state index in [2.05, 4.69) is 0 Å². The van der Waals surface area contributed by atoms with Gasteiger partial charge in [-0.15, -0.1) is 0 Å². The fourth-order valence-electron chi connectivity index (χ4n) is 3.29. The molecule has 0 unspecified atom stereocenters. The van der Waals surface area contributed by atoms with Crippen molar-refractivity contribution in [2.24, 2.45) is 0 Å². The molecule has 8 nitrogen and oxygen atoms in total. The summed E-state index contributed by atoms with van der Waals surface area (Å²) >= 11 is 0. The van der Waals surface area contributed by atoms with Gasteiger partial charge in [0, 0.05) is 40.3 Å². The van der Waals surface area contributed by atoms with Crippen molar-refractivity contribution in [2.75, 3.05) is 46.8 Å². The number of rotatable bonds is 6. The van der Waals surface area contributed by atoms with Crippen molar-refractivity contribution in [3.05, 3.63) is 54.0 Å². The van der Waals surface area contributed by atoms with Crippen molar-refractivity contribution < 1.29 is 22.4 Å². The lowest BCUT2D eigenvalue weighted by atomic mass is 10.3. The minimum atomic E-state index is -3.54. The Morgan fingerprint density at radius 2 is 1.73 bits per heavy atom. The lowest BCUT2D eigenvalue weighted by molar-refractivity contribution is -0.129. The Labute approximate surface area is 177 Å². The zero-order valence-electron chi connectivity index (χ0n) is 17.3. The Kier molecular flexibility index (Phi) is 6.94. The largest absolute Gasteiger partial charge is 0.455 e. The van der Waals surface area contributed by atoms with E-state index in [4.69, 9.17) is 4.42 Å². The molecule has 162 valence electrons. The number of hydrogen-bond acceptors (Lipinski definition) is 6. The number of hydrogen-bond donors (Lipinski definition) is 0. The highest BCUT2D eigenvalue weighted by Crippen LogP contribution is 2.19. The number of sulfone groups is 1. The normalized spacial score (nSPS) is 15.6. The highest BCUT2D eigenvalue weighted by Gasteiger charge is 2.25. The summed E-state index contributed by atoms with van der Waals surface area (Å²) in [5.74, 6) is -0.171. The third-order valence-corrected chi connectivity index (χ3v) is 6.70. The lowest BCUT2D eigenvalue weighted by Crippen LogP contribution is -2.39. The van der Waals surface area contributed by atoms with Gasteiger partial charge in [-0.1, -0.05) is 18.2 Å². The second kappa shape index (κ2) is 9.44. The molecule has 1 aromatic carbocycles. The van der Waals surface area contributed by atoms with Crippen LogP contribution in [0.15, 0.2) is 51.8 Å². The van der Waals surface area contributed by atoms with Crippen molar-refractivity contribution in [3.63, 3.8) is 0 Å². The van der Waals surface area contributed by atoms with E-state index in [1.807, 2.05) is 4.90 Å². The van der Waals surface area contributed by atoms with Gasteiger partial charge in [0.2, 0.25) is 5.91 Å². The van der Waals surface area contributed by atoms with Crippen LogP contribution in [0.5, 0.6) is 0 Å². The lowest BCUT2D eigenvalue weighted by Gasteiger charge is -2.22. The van der Waals surface area contributed by atoms with E-state index in [-0.39, 0.29) is 34.0 Å². The van der Waals surface area contributed by atoms with Gasteiger partial charge in [0.15, 0.2) is 15.6 Å². The zero-order chi connectivity index (χ0) is 21.7. The zero-order valence-corrected chi connectivity index (χ0v) is 18.1. The van der Waals surface area contributed by atoms with E-state index < -0.39 is 9.84 Å². The second-order valence-corrected chi connectivity index (χ2v) is 9.54. The first-order valence-electron chi connectivity index (χ1n) is 9.84. The van der Waals surface area contributed by atoms with Crippen LogP contribution >= 0.6 is 0 Å². The van der Waals surface area contributed by atoms with Crippen LogP contribution < -0.4 is 0 Å². The summed E-state index contributed by atoms with van der Waals surface area (Å²) in [6, 6.07) is 11.2. The van der Waals surface area contributed by atoms with E-state index in [0.29, 0.717) is 26.2 Å². The monoisotopic (exact) mass is 433 g/mol. The van der Waals surface area contributed by atoms with E-state index in [9.17, 15) is 18.0 Å². The maximum atomic E-state index is 12.8. The van der Waals surface area contributed by atoms with Crippen LogP contribution in [0.1, 0.15) is 22.7 Å². The van der Waals surface area contributed by atoms with Gasteiger partial charge < -0.3 is 14.2 Å². The van der Waals surface area contributed by atoms with Crippen molar-refractivity contribution >= 4 is 21.7 Å². The number of carbonyl (C=O) groups excluding carboxylic acids is 2. The number of furan rings is 1. The average molecular weight is 434 g/mol. The van der Waals surface area contributed by atoms with Crippen LogP contribution in [0.3, 0.4) is 0 Å². The minimum Gasteiger partial charge on any atom is -0.455 e. The molecule has 30 heavy (non-hydrogen) atoms. The number of carbonyl (C=O) groups is 2. The summed E-state index contributed by atoms with van der Waals surface area (Å²) in [7, 11) is -0.0942. The molecule has 0 spiro atoms. The molecule has 0 aliphatic carbocycles. The Bertz CT molecular complexity index is 985. The second-order valence-electron chi connectivity index (χ2n) is 7.55. The quantitative estimate of drug-likeness (QED) is 0.686. The molecule has 1 saturated heterocycles. The molecule has 0 bridgehead atoms.